The zero-order valence-electron chi connectivity index (χ0n) is 11.9. The number of nitrogens with zero attached hydrogens (tertiary/aromatic N) is 1. The second-order valence-corrected chi connectivity index (χ2v) is 11.0. The molecule has 0 spiro atoms. The topological polar surface area (TPSA) is 35.3 Å². The molecule has 0 amide bonds. The Labute approximate surface area is 106 Å². The minimum Gasteiger partial charge on any atom is -0.449 e. The van der Waals surface area contributed by atoms with Crippen LogP contribution >= 0.6 is 0 Å². The Balaban J connectivity index is 2.42. The van der Waals surface area contributed by atoms with Crippen molar-refractivity contribution in [3.8, 4) is 0 Å². The average molecular weight is 255 g/mol. The summed E-state index contributed by atoms with van der Waals surface area (Å²) in [5.74, 6) is 0.940. The standard InChI is InChI=1S/C13H25NO2Si/c1-11(7-8-12-9-14-10-15-12)16-17(5,6)13(2,3)4/h9-11H,7-8H2,1-6H3. The Morgan fingerprint density at radius 2 is 2.06 bits per heavy atom. The van der Waals surface area contributed by atoms with E-state index >= 15 is 0 Å². The van der Waals surface area contributed by atoms with Crippen LogP contribution in [0.2, 0.25) is 18.1 Å². The van der Waals surface area contributed by atoms with Gasteiger partial charge >= 0.3 is 0 Å². The molecule has 0 aliphatic rings. The molecule has 1 aromatic heterocycles. The van der Waals surface area contributed by atoms with Gasteiger partial charge in [-0.25, -0.2) is 4.98 Å². The summed E-state index contributed by atoms with van der Waals surface area (Å²) in [6.07, 6.45) is 5.42. The fraction of sp³-hybridized carbons (Fsp3) is 0.769. The predicted octanol–water partition coefficient (Wildman–Crippen LogP) is 4.02. The van der Waals surface area contributed by atoms with Gasteiger partial charge in [-0.05, 0) is 31.5 Å². The predicted molar refractivity (Wildman–Crippen MR) is 72.6 cm³/mol. The van der Waals surface area contributed by atoms with E-state index in [1.54, 1.807) is 6.20 Å². The molecule has 0 aliphatic heterocycles. The molecule has 0 aliphatic carbocycles. The highest BCUT2D eigenvalue weighted by molar-refractivity contribution is 6.74. The van der Waals surface area contributed by atoms with Crippen LogP contribution in [0, 0.1) is 0 Å². The average Bonchev–Trinajstić information content (AvgIpc) is 2.64. The van der Waals surface area contributed by atoms with E-state index in [0.29, 0.717) is 0 Å². The minimum absolute atomic E-state index is 0.271. The minimum atomic E-state index is -1.64. The maximum atomic E-state index is 6.28. The lowest BCUT2D eigenvalue weighted by molar-refractivity contribution is 0.187. The summed E-state index contributed by atoms with van der Waals surface area (Å²) in [6, 6.07) is 0. The van der Waals surface area contributed by atoms with Gasteiger partial charge in [0.1, 0.15) is 5.76 Å². The lowest BCUT2D eigenvalue weighted by atomic mass is 10.2. The molecular weight excluding hydrogens is 230 g/mol. The Kier molecular flexibility index (Phi) is 4.55. The normalized spacial score (nSPS) is 14.9. The number of rotatable bonds is 5. The Morgan fingerprint density at radius 1 is 1.41 bits per heavy atom. The molecule has 0 saturated heterocycles. The van der Waals surface area contributed by atoms with Gasteiger partial charge in [0.05, 0.1) is 6.20 Å². The molecule has 1 atom stereocenters. The molecule has 0 radical (unpaired) electrons. The van der Waals surface area contributed by atoms with Crippen LogP contribution in [-0.2, 0) is 10.8 Å². The smallest absolute Gasteiger partial charge is 0.192 e. The van der Waals surface area contributed by atoms with Gasteiger partial charge in [0, 0.05) is 12.5 Å². The van der Waals surface area contributed by atoms with Gasteiger partial charge in [-0.3, -0.25) is 0 Å². The van der Waals surface area contributed by atoms with Crippen LogP contribution < -0.4 is 0 Å². The van der Waals surface area contributed by atoms with E-state index in [9.17, 15) is 0 Å². The van der Waals surface area contributed by atoms with Crippen molar-refractivity contribution in [1.82, 2.24) is 4.98 Å². The summed E-state index contributed by atoms with van der Waals surface area (Å²) in [7, 11) is -1.64. The first-order valence-electron chi connectivity index (χ1n) is 6.27. The third-order valence-corrected chi connectivity index (χ3v) is 8.19. The van der Waals surface area contributed by atoms with E-state index in [0.717, 1.165) is 18.6 Å². The molecule has 0 N–H and O–H groups in total. The molecule has 0 bridgehead atoms. The van der Waals surface area contributed by atoms with Gasteiger partial charge < -0.3 is 8.84 Å². The van der Waals surface area contributed by atoms with Gasteiger partial charge in [-0.1, -0.05) is 20.8 Å². The van der Waals surface area contributed by atoms with Crippen molar-refractivity contribution in [1.29, 1.82) is 0 Å². The third-order valence-electron chi connectivity index (χ3n) is 3.58. The maximum Gasteiger partial charge on any atom is 0.192 e. The van der Waals surface area contributed by atoms with Crippen LogP contribution in [0.1, 0.15) is 39.9 Å². The molecular formula is C13H25NO2Si. The van der Waals surface area contributed by atoms with Crippen LogP contribution in [0.25, 0.3) is 0 Å². The van der Waals surface area contributed by atoms with Crippen LogP contribution in [0.5, 0.6) is 0 Å². The molecule has 0 saturated carbocycles. The summed E-state index contributed by atoms with van der Waals surface area (Å²) in [5.41, 5.74) is 0. The van der Waals surface area contributed by atoms with E-state index in [2.05, 4.69) is 45.8 Å². The van der Waals surface area contributed by atoms with Crippen molar-refractivity contribution in [3.05, 3.63) is 18.4 Å². The quantitative estimate of drug-likeness (QED) is 0.745. The second-order valence-electron chi connectivity index (χ2n) is 6.20. The molecule has 1 rings (SSSR count). The Morgan fingerprint density at radius 3 is 2.53 bits per heavy atom. The zero-order valence-corrected chi connectivity index (χ0v) is 12.9. The molecule has 1 heterocycles. The van der Waals surface area contributed by atoms with Crippen LogP contribution in [-0.4, -0.2) is 19.4 Å². The number of oxazole rings is 1. The molecule has 1 aromatic rings. The number of hydrogen-bond acceptors (Lipinski definition) is 3. The summed E-state index contributed by atoms with van der Waals surface area (Å²) in [5, 5.41) is 0.271. The molecule has 0 fully saturated rings. The van der Waals surface area contributed by atoms with E-state index in [-0.39, 0.29) is 11.1 Å². The highest BCUT2D eigenvalue weighted by Crippen LogP contribution is 2.37. The van der Waals surface area contributed by atoms with Crippen molar-refractivity contribution < 1.29 is 8.84 Å². The van der Waals surface area contributed by atoms with Gasteiger partial charge in [-0.2, -0.15) is 0 Å². The van der Waals surface area contributed by atoms with E-state index in [4.69, 9.17) is 8.84 Å². The van der Waals surface area contributed by atoms with Gasteiger partial charge in [-0.15, -0.1) is 0 Å². The highest BCUT2D eigenvalue weighted by Gasteiger charge is 2.38. The zero-order chi connectivity index (χ0) is 13.1. The number of hydrogen-bond donors (Lipinski definition) is 0. The first-order valence-corrected chi connectivity index (χ1v) is 9.18. The van der Waals surface area contributed by atoms with Crippen molar-refractivity contribution in [3.63, 3.8) is 0 Å². The van der Waals surface area contributed by atoms with Crippen LogP contribution in [0.4, 0.5) is 0 Å². The van der Waals surface area contributed by atoms with Gasteiger partial charge in [0.25, 0.3) is 0 Å². The summed E-state index contributed by atoms with van der Waals surface area (Å²) >= 11 is 0. The van der Waals surface area contributed by atoms with Crippen molar-refractivity contribution in [2.75, 3.05) is 0 Å². The molecule has 98 valence electrons. The molecule has 0 aromatic carbocycles. The lowest BCUT2D eigenvalue weighted by Gasteiger charge is -2.38. The number of aryl methyl sites for hydroxylation is 1. The van der Waals surface area contributed by atoms with E-state index in [1.165, 1.54) is 6.39 Å². The SMILES string of the molecule is CC(CCc1cnco1)O[Si](C)(C)C(C)(C)C. The molecule has 4 heteroatoms. The van der Waals surface area contributed by atoms with Crippen LogP contribution in [0.15, 0.2) is 17.0 Å². The largest absolute Gasteiger partial charge is 0.449 e. The third kappa shape index (κ3) is 4.28. The summed E-state index contributed by atoms with van der Waals surface area (Å²) < 4.78 is 11.5. The molecule has 3 nitrogen and oxygen atoms in total. The monoisotopic (exact) mass is 255 g/mol. The van der Waals surface area contributed by atoms with Crippen molar-refractivity contribution >= 4 is 8.32 Å². The summed E-state index contributed by atoms with van der Waals surface area (Å²) in [6.45, 7) is 13.5. The van der Waals surface area contributed by atoms with Gasteiger partial charge in [0.15, 0.2) is 14.7 Å². The van der Waals surface area contributed by atoms with Crippen molar-refractivity contribution in [2.24, 2.45) is 0 Å². The highest BCUT2D eigenvalue weighted by atomic mass is 28.4. The fourth-order valence-corrected chi connectivity index (χ4v) is 2.93. The first-order chi connectivity index (χ1) is 7.72. The molecule has 1 unspecified atom stereocenters. The first kappa shape index (κ1) is 14.4. The Bertz CT molecular complexity index is 328. The lowest BCUT2D eigenvalue weighted by Crippen LogP contribution is -2.43. The fourth-order valence-electron chi connectivity index (χ4n) is 1.45. The van der Waals surface area contributed by atoms with E-state index in [1.807, 2.05) is 0 Å². The van der Waals surface area contributed by atoms with Gasteiger partial charge in [0.2, 0.25) is 0 Å². The second kappa shape index (κ2) is 5.36. The van der Waals surface area contributed by atoms with E-state index < -0.39 is 8.32 Å². The molecule has 17 heavy (non-hydrogen) atoms. The van der Waals surface area contributed by atoms with Crippen LogP contribution in [0.3, 0.4) is 0 Å². The number of aromatic nitrogens is 1. The van der Waals surface area contributed by atoms with Crippen molar-refractivity contribution in [2.45, 2.75) is 64.8 Å². The summed E-state index contributed by atoms with van der Waals surface area (Å²) in [4.78, 5) is 3.92. The maximum absolute atomic E-state index is 6.28. The Hall–Kier alpha value is -0.613.